The Labute approximate surface area is 89.4 Å². The molecule has 0 aromatic heterocycles. The van der Waals surface area contributed by atoms with E-state index in [9.17, 15) is 4.79 Å². The molecule has 1 aliphatic carbocycles. The zero-order valence-electron chi connectivity index (χ0n) is 9.21. The van der Waals surface area contributed by atoms with Crippen molar-refractivity contribution >= 4 is 11.8 Å². The summed E-state index contributed by atoms with van der Waals surface area (Å²) in [5, 5.41) is 7.35. The predicted molar refractivity (Wildman–Crippen MR) is 55.6 cm³/mol. The Bertz CT molecular complexity index is 257. The first-order valence-electron chi connectivity index (χ1n) is 5.03. The summed E-state index contributed by atoms with van der Waals surface area (Å²) in [4.78, 5) is 11.6. The van der Waals surface area contributed by atoms with Crippen molar-refractivity contribution < 1.29 is 14.3 Å². The molecule has 15 heavy (non-hydrogen) atoms. The molecule has 0 atom stereocenters. The Kier molecular flexibility index (Phi) is 3.68. The Morgan fingerprint density at radius 3 is 2.27 bits per heavy atom. The fourth-order valence-electron chi connectivity index (χ4n) is 2.07. The maximum atomic E-state index is 11.6. The first-order valence-corrected chi connectivity index (χ1v) is 5.03. The Balaban J connectivity index is 2.66. The molecule has 0 spiro atoms. The molecule has 0 saturated heterocycles. The third-order valence-electron chi connectivity index (χ3n) is 3.18. The molecule has 1 fully saturated rings. The summed E-state index contributed by atoms with van der Waals surface area (Å²) >= 11 is 0. The van der Waals surface area contributed by atoms with Gasteiger partial charge in [-0.15, -0.1) is 0 Å². The number of methoxy groups -OCH3 is 2. The second kappa shape index (κ2) is 4.61. The lowest BCUT2D eigenvalue weighted by molar-refractivity contribution is -0.170. The van der Waals surface area contributed by atoms with Crippen LogP contribution in [0.5, 0.6) is 0 Å². The average molecular weight is 214 g/mol. The highest BCUT2D eigenvalue weighted by molar-refractivity contribution is 5.82. The SMILES string of the molecule is COC(=O)C1(OC)CCC(C(=N)N)CC1. The summed E-state index contributed by atoms with van der Waals surface area (Å²) in [5.74, 6) is -0.0468. The maximum Gasteiger partial charge on any atom is 0.338 e. The highest BCUT2D eigenvalue weighted by atomic mass is 16.6. The molecular formula is C10H18N2O3. The molecule has 1 aliphatic rings. The lowest BCUT2D eigenvalue weighted by Crippen LogP contribution is -2.46. The van der Waals surface area contributed by atoms with Crippen molar-refractivity contribution in [2.24, 2.45) is 11.7 Å². The number of hydrogen-bond donors (Lipinski definition) is 2. The van der Waals surface area contributed by atoms with Crippen LogP contribution in [0.25, 0.3) is 0 Å². The summed E-state index contributed by atoms with van der Waals surface area (Å²) in [6.07, 6.45) is 2.55. The van der Waals surface area contributed by atoms with Crippen LogP contribution in [0.1, 0.15) is 25.7 Å². The lowest BCUT2D eigenvalue weighted by atomic mass is 9.78. The molecular weight excluding hydrogens is 196 g/mol. The van der Waals surface area contributed by atoms with Crippen LogP contribution in [0.3, 0.4) is 0 Å². The normalized spacial score (nSPS) is 30.9. The van der Waals surface area contributed by atoms with Gasteiger partial charge in [0.25, 0.3) is 0 Å². The molecule has 1 rings (SSSR count). The molecule has 0 radical (unpaired) electrons. The number of carbonyl (C=O) groups is 1. The van der Waals surface area contributed by atoms with Gasteiger partial charge < -0.3 is 15.2 Å². The number of carbonyl (C=O) groups excluding carboxylic acids is 1. The van der Waals surface area contributed by atoms with Gasteiger partial charge in [0.15, 0.2) is 5.60 Å². The van der Waals surface area contributed by atoms with Gasteiger partial charge >= 0.3 is 5.97 Å². The smallest absolute Gasteiger partial charge is 0.338 e. The third kappa shape index (κ3) is 2.28. The van der Waals surface area contributed by atoms with Gasteiger partial charge in [-0.25, -0.2) is 4.79 Å². The second-order valence-electron chi connectivity index (χ2n) is 3.92. The zero-order chi connectivity index (χ0) is 11.5. The summed E-state index contributed by atoms with van der Waals surface area (Å²) in [6.45, 7) is 0. The van der Waals surface area contributed by atoms with Crippen molar-refractivity contribution in [3.05, 3.63) is 0 Å². The topological polar surface area (TPSA) is 85.4 Å². The van der Waals surface area contributed by atoms with Crippen LogP contribution in [0.4, 0.5) is 0 Å². The molecule has 0 bridgehead atoms. The number of rotatable bonds is 3. The highest BCUT2D eigenvalue weighted by Crippen LogP contribution is 2.35. The molecule has 0 heterocycles. The first kappa shape index (κ1) is 12.0. The van der Waals surface area contributed by atoms with Gasteiger partial charge in [-0.3, -0.25) is 5.41 Å². The molecule has 0 aromatic rings. The van der Waals surface area contributed by atoms with Crippen LogP contribution in [-0.2, 0) is 14.3 Å². The van der Waals surface area contributed by atoms with Gasteiger partial charge in [0.05, 0.1) is 12.9 Å². The molecule has 0 aromatic carbocycles. The molecule has 0 amide bonds. The summed E-state index contributed by atoms with van der Waals surface area (Å²) in [6, 6.07) is 0. The molecule has 0 aliphatic heterocycles. The van der Waals surface area contributed by atoms with Crippen molar-refractivity contribution in [2.75, 3.05) is 14.2 Å². The summed E-state index contributed by atoms with van der Waals surface area (Å²) < 4.78 is 10.0. The van der Waals surface area contributed by atoms with Crippen LogP contribution < -0.4 is 5.73 Å². The van der Waals surface area contributed by atoms with Crippen LogP contribution in [0, 0.1) is 11.3 Å². The summed E-state index contributed by atoms with van der Waals surface area (Å²) in [5.41, 5.74) is 4.61. The van der Waals surface area contributed by atoms with E-state index in [-0.39, 0.29) is 17.7 Å². The van der Waals surface area contributed by atoms with E-state index >= 15 is 0 Å². The highest BCUT2D eigenvalue weighted by Gasteiger charge is 2.43. The Hall–Kier alpha value is -1.10. The number of nitrogens with one attached hydrogen (secondary N) is 1. The minimum absolute atomic E-state index is 0.0814. The monoisotopic (exact) mass is 214 g/mol. The van der Waals surface area contributed by atoms with Crippen LogP contribution in [-0.4, -0.2) is 31.6 Å². The van der Waals surface area contributed by atoms with E-state index in [1.165, 1.54) is 14.2 Å². The minimum atomic E-state index is -0.819. The van der Waals surface area contributed by atoms with Crippen molar-refractivity contribution in [2.45, 2.75) is 31.3 Å². The van der Waals surface area contributed by atoms with E-state index < -0.39 is 5.60 Å². The number of ether oxygens (including phenoxy) is 2. The van der Waals surface area contributed by atoms with Crippen molar-refractivity contribution in [1.29, 1.82) is 5.41 Å². The molecule has 3 N–H and O–H groups in total. The molecule has 5 heteroatoms. The van der Waals surface area contributed by atoms with Gasteiger partial charge in [0.1, 0.15) is 0 Å². The van der Waals surface area contributed by atoms with E-state index in [4.69, 9.17) is 20.6 Å². The van der Waals surface area contributed by atoms with E-state index in [1.807, 2.05) is 0 Å². The minimum Gasteiger partial charge on any atom is -0.467 e. The van der Waals surface area contributed by atoms with E-state index in [1.54, 1.807) is 0 Å². The second-order valence-corrected chi connectivity index (χ2v) is 3.92. The standard InChI is InChI=1S/C10H18N2O3/c1-14-9(13)10(15-2)5-3-7(4-6-10)8(11)12/h7H,3-6H2,1-2H3,(H3,11,12). The predicted octanol–water partition coefficient (Wildman–Crippen LogP) is 0.671. The number of nitrogens with two attached hydrogens (primary N) is 1. The van der Waals surface area contributed by atoms with Gasteiger partial charge in [0.2, 0.25) is 0 Å². The molecule has 0 unspecified atom stereocenters. The van der Waals surface area contributed by atoms with Crippen LogP contribution in [0.2, 0.25) is 0 Å². The van der Waals surface area contributed by atoms with E-state index in [2.05, 4.69) is 0 Å². The lowest BCUT2D eigenvalue weighted by Gasteiger charge is -2.36. The van der Waals surface area contributed by atoms with Gasteiger partial charge in [-0.2, -0.15) is 0 Å². The summed E-state index contributed by atoms with van der Waals surface area (Å²) in [7, 11) is 2.88. The number of amidine groups is 1. The largest absolute Gasteiger partial charge is 0.467 e. The third-order valence-corrected chi connectivity index (χ3v) is 3.18. The molecule has 86 valence electrons. The average Bonchev–Trinajstić information content (AvgIpc) is 2.27. The zero-order valence-corrected chi connectivity index (χ0v) is 9.21. The van der Waals surface area contributed by atoms with Crippen molar-refractivity contribution in [3.8, 4) is 0 Å². The maximum absolute atomic E-state index is 11.6. The van der Waals surface area contributed by atoms with Crippen LogP contribution >= 0.6 is 0 Å². The van der Waals surface area contributed by atoms with Crippen LogP contribution in [0.15, 0.2) is 0 Å². The van der Waals surface area contributed by atoms with Crippen molar-refractivity contribution in [1.82, 2.24) is 0 Å². The number of esters is 1. The quantitative estimate of drug-likeness (QED) is 0.411. The van der Waals surface area contributed by atoms with Crippen molar-refractivity contribution in [3.63, 3.8) is 0 Å². The van der Waals surface area contributed by atoms with Gasteiger partial charge in [-0.05, 0) is 25.7 Å². The van der Waals surface area contributed by atoms with E-state index in [0.717, 1.165) is 0 Å². The first-order chi connectivity index (χ1) is 7.05. The fraction of sp³-hybridized carbons (Fsp3) is 0.800. The Morgan fingerprint density at radius 1 is 1.40 bits per heavy atom. The van der Waals surface area contributed by atoms with E-state index in [0.29, 0.717) is 25.7 Å². The fourth-order valence-corrected chi connectivity index (χ4v) is 2.07. The molecule has 5 nitrogen and oxygen atoms in total. The van der Waals surface area contributed by atoms with Gasteiger partial charge in [-0.1, -0.05) is 0 Å². The molecule has 1 saturated carbocycles. The van der Waals surface area contributed by atoms with Gasteiger partial charge in [0, 0.05) is 13.0 Å². The number of hydrogen-bond acceptors (Lipinski definition) is 4. The Morgan fingerprint density at radius 2 is 1.93 bits per heavy atom.